The van der Waals surface area contributed by atoms with Crippen LogP contribution in [0.3, 0.4) is 0 Å². The van der Waals surface area contributed by atoms with Crippen LogP contribution in [-0.4, -0.2) is 11.6 Å². The van der Waals surface area contributed by atoms with Crippen LogP contribution in [-0.2, 0) is 4.74 Å². The van der Waals surface area contributed by atoms with E-state index < -0.39 is 0 Å². The molecule has 1 aromatic heterocycles. The van der Waals surface area contributed by atoms with Crippen LogP contribution in [0.2, 0.25) is 0 Å². The van der Waals surface area contributed by atoms with Gasteiger partial charge in [-0.3, -0.25) is 4.79 Å². The minimum atomic E-state index is -0.0666. The number of ether oxygens (including phenoxy) is 1. The molecule has 1 N–H and O–H groups in total. The van der Waals surface area contributed by atoms with Gasteiger partial charge < -0.3 is 9.72 Å². The molecule has 0 radical (unpaired) electrons. The van der Waals surface area contributed by atoms with Crippen molar-refractivity contribution in [3.8, 4) is 11.1 Å². The molecular weight excluding hydrogens is 226 g/mol. The summed E-state index contributed by atoms with van der Waals surface area (Å²) in [5, 5.41) is 0. The van der Waals surface area contributed by atoms with Gasteiger partial charge in [0.25, 0.3) is 5.56 Å². The Hall–Kier alpha value is -1.87. The van der Waals surface area contributed by atoms with E-state index >= 15 is 0 Å². The average Bonchev–Trinajstić information content (AvgIpc) is 2.40. The van der Waals surface area contributed by atoms with E-state index in [1.54, 1.807) is 6.20 Å². The van der Waals surface area contributed by atoms with E-state index in [2.05, 4.69) is 4.98 Å². The minimum absolute atomic E-state index is 0.0666. The van der Waals surface area contributed by atoms with Gasteiger partial charge in [0.05, 0.1) is 6.10 Å². The minimum Gasteiger partial charge on any atom is -0.374 e. The van der Waals surface area contributed by atoms with Gasteiger partial charge in [-0.05, 0) is 37.1 Å². The maximum Gasteiger partial charge on any atom is 0.255 e. The normalized spacial score (nSPS) is 12.3. The summed E-state index contributed by atoms with van der Waals surface area (Å²) < 4.78 is 5.53. The molecule has 2 rings (SSSR count). The number of H-pyrrole nitrogens is 1. The molecule has 0 bridgehead atoms. The molecular formula is C15H17NO2. The van der Waals surface area contributed by atoms with Gasteiger partial charge in [0, 0.05) is 18.4 Å². The van der Waals surface area contributed by atoms with E-state index in [0.29, 0.717) is 12.2 Å². The number of aromatic nitrogens is 1. The van der Waals surface area contributed by atoms with Gasteiger partial charge in [-0.15, -0.1) is 0 Å². The van der Waals surface area contributed by atoms with Crippen LogP contribution in [0.5, 0.6) is 0 Å². The van der Waals surface area contributed by atoms with E-state index in [4.69, 9.17) is 4.74 Å². The lowest BCUT2D eigenvalue weighted by Crippen LogP contribution is -2.07. The second-order valence-electron chi connectivity index (χ2n) is 4.13. The van der Waals surface area contributed by atoms with E-state index in [-0.39, 0.29) is 11.7 Å². The molecule has 94 valence electrons. The van der Waals surface area contributed by atoms with Crippen molar-refractivity contribution in [1.29, 1.82) is 0 Å². The Labute approximate surface area is 106 Å². The standard InChI is InChI=1S/C15H17NO2/c1-3-18-11(2)12-6-8-13(9-7-12)14-5-4-10-16-15(14)17/h4-11H,3H2,1-2H3,(H,16,17)/t11-/m1/s1. The van der Waals surface area contributed by atoms with Crippen LogP contribution in [0, 0.1) is 0 Å². The zero-order valence-corrected chi connectivity index (χ0v) is 10.6. The molecule has 3 heteroatoms. The van der Waals surface area contributed by atoms with Crippen molar-refractivity contribution in [3.05, 3.63) is 58.5 Å². The molecule has 0 spiro atoms. The Morgan fingerprint density at radius 3 is 2.56 bits per heavy atom. The maximum absolute atomic E-state index is 11.7. The zero-order valence-electron chi connectivity index (χ0n) is 10.6. The fraction of sp³-hybridized carbons (Fsp3) is 0.267. The predicted octanol–water partition coefficient (Wildman–Crippen LogP) is 3.14. The summed E-state index contributed by atoms with van der Waals surface area (Å²) in [6.07, 6.45) is 1.72. The van der Waals surface area contributed by atoms with E-state index in [1.807, 2.05) is 50.2 Å². The van der Waals surface area contributed by atoms with Crippen LogP contribution in [0.1, 0.15) is 25.5 Å². The molecule has 1 heterocycles. The summed E-state index contributed by atoms with van der Waals surface area (Å²) in [7, 11) is 0. The Morgan fingerprint density at radius 2 is 1.94 bits per heavy atom. The smallest absolute Gasteiger partial charge is 0.255 e. The summed E-state index contributed by atoms with van der Waals surface area (Å²) in [5.74, 6) is 0. The first-order chi connectivity index (χ1) is 8.72. The topological polar surface area (TPSA) is 42.1 Å². The van der Waals surface area contributed by atoms with Gasteiger partial charge in [0.15, 0.2) is 0 Å². The molecule has 0 saturated carbocycles. The van der Waals surface area contributed by atoms with Crippen molar-refractivity contribution in [1.82, 2.24) is 4.98 Å². The van der Waals surface area contributed by atoms with Crippen molar-refractivity contribution >= 4 is 0 Å². The summed E-state index contributed by atoms with van der Waals surface area (Å²) in [6, 6.07) is 11.6. The quantitative estimate of drug-likeness (QED) is 0.896. The Balaban J connectivity index is 2.28. The molecule has 1 atom stereocenters. The molecule has 18 heavy (non-hydrogen) atoms. The highest BCUT2D eigenvalue weighted by molar-refractivity contribution is 5.62. The van der Waals surface area contributed by atoms with E-state index in [0.717, 1.165) is 11.1 Å². The third-order valence-corrected chi connectivity index (χ3v) is 2.93. The van der Waals surface area contributed by atoms with E-state index in [9.17, 15) is 4.79 Å². The molecule has 0 aliphatic heterocycles. The van der Waals surface area contributed by atoms with E-state index in [1.165, 1.54) is 0 Å². The fourth-order valence-corrected chi connectivity index (χ4v) is 1.93. The fourth-order valence-electron chi connectivity index (χ4n) is 1.93. The number of benzene rings is 1. The number of pyridine rings is 1. The largest absolute Gasteiger partial charge is 0.374 e. The van der Waals surface area contributed by atoms with Crippen molar-refractivity contribution in [2.24, 2.45) is 0 Å². The van der Waals surface area contributed by atoms with Crippen LogP contribution < -0.4 is 5.56 Å². The first kappa shape index (κ1) is 12.6. The van der Waals surface area contributed by atoms with Crippen molar-refractivity contribution in [2.45, 2.75) is 20.0 Å². The van der Waals surface area contributed by atoms with Gasteiger partial charge in [-0.25, -0.2) is 0 Å². The third kappa shape index (κ3) is 2.68. The monoisotopic (exact) mass is 243 g/mol. The van der Waals surface area contributed by atoms with Crippen molar-refractivity contribution < 1.29 is 4.74 Å². The Morgan fingerprint density at radius 1 is 1.22 bits per heavy atom. The van der Waals surface area contributed by atoms with Gasteiger partial charge in [-0.1, -0.05) is 24.3 Å². The van der Waals surface area contributed by atoms with Crippen LogP contribution in [0.25, 0.3) is 11.1 Å². The zero-order chi connectivity index (χ0) is 13.0. The average molecular weight is 243 g/mol. The molecule has 0 unspecified atom stereocenters. The molecule has 0 fully saturated rings. The van der Waals surface area contributed by atoms with Gasteiger partial charge in [-0.2, -0.15) is 0 Å². The molecule has 0 saturated heterocycles. The highest BCUT2D eigenvalue weighted by Gasteiger charge is 2.06. The second-order valence-corrected chi connectivity index (χ2v) is 4.13. The lowest BCUT2D eigenvalue weighted by Gasteiger charge is -2.12. The van der Waals surface area contributed by atoms with Gasteiger partial charge in [0.1, 0.15) is 0 Å². The molecule has 1 aromatic carbocycles. The highest BCUT2D eigenvalue weighted by atomic mass is 16.5. The first-order valence-electron chi connectivity index (χ1n) is 6.12. The first-order valence-corrected chi connectivity index (χ1v) is 6.12. The molecule has 0 aliphatic carbocycles. The highest BCUT2D eigenvalue weighted by Crippen LogP contribution is 2.21. The van der Waals surface area contributed by atoms with Crippen LogP contribution in [0.4, 0.5) is 0 Å². The third-order valence-electron chi connectivity index (χ3n) is 2.93. The predicted molar refractivity (Wildman–Crippen MR) is 72.5 cm³/mol. The maximum atomic E-state index is 11.7. The number of aromatic amines is 1. The summed E-state index contributed by atoms with van der Waals surface area (Å²) in [6.45, 7) is 4.70. The van der Waals surface area contributed by atoms with Crippen molar-refractivity contribution in [2.75, 3.05) is 6.61 Å². The molecule has 3 nitrogen and oxygen atoms in total. The number of hydrogen-bond donors (Lipinski definition) is 1. The van der Waals surface area contributed by atoms with Gasteiger partial charge >= 0.3 is 0 Å². The van der Waals surface area contributed by atoms with Crippen molar-refractivity contribution in [3.63, 3.8) is 0 Å². The van der Waals surface area contributed by atoms with Crippen LogP contribution >= 0.6 is 0 Å². The summed E-state index contributed by atoms with van der Waals surface area (Å²) in [5.41, 5.74) is 2.66. The molecule has 2 aromatic rings. The second kappa shape index (κ2) is 5.65. The summed E-state index contributed by atoms with van der Waals surface area (Å²) in [4.78, 5) is 14.3. The molecule has 0 aliphatic rings. The summed E-state index contributed by atoms with van der Waals surface area (Å²) >= 11 is 0. The number of nitrogens with one attached hydrogen (secondary N) is 1. The number of hydrogen-bond acceptors (Lipinski definition) is 2. The van der Waals surface area contributed by atoms with Gasteiger partial charge in [0.2, 0.25) is 0 Å². The Kier molecular flexibility index (Phi) is 3.95. The lowest BCUT2D eigenvalue weighted by atomic mass is 10.0. The van der Waals surface area contributed by atoms with Crippen LogP contribution in [0.15, 0.2) is 47.4 Å². The number of rotatable bonds is 4. The lowest BCUT2D eigenvalue weighted by molar-refractivity contribution is 0.0764. The Bertz CT molecular complexity index is 557. The molecule has 0 amide bonds. The SMILES string of the molecule is CCO[C@H](C)c1ccc(-c2ccc[nH]c2=O)cc1.